The lowest BCUT2D eigenvalue weighted by Gasteiger charge is -2.35. The van der Waals surface area contributed by atoms with Crippen LogP contribution < -0.4 is 15.5 Å². The summed E-state index contributed by atoms with van der Waals surface area (Å²) in [6.45, 7) is 14.8. The Hall–Kier alpha value is -3.81. The van der Waals surface area contributed by atoms with Gasteiger partial charge in [0.25, 0.3) is 0 Å². The molecule has 1 saturated carbocycles. The molecular weight excluding hydrogens is 609 g/mol. The maximum atomic E-state index is 14.2. The Balaban J connectivity index is 1.08. The molecule has 8 rings (SSSR count). The lowest BCUT2D eigenvalue weighted by atomic mass is 9.42. The third-order valence-electron chi connectivity index (χ3n) is 13.3. The topological polar surface area (TPSA) is 80.2 Å². The number of aliphatic imine (C=N–C) groups is 1. The van der Waals surface area contributed by atoms with Crippen molar-refractivity contribution in [3.05, 3.63) is 53.6 Å². The van der Waals surface area contributed by atoms with Crippen LogP contribution in [-0.2, 0) is 22.6 Å². The summed E-state index contributed by atoms with van der Waals surface area (Å²) in [6, 6.07) is 15.4. The summed E-state index contributed by atoms with van der Waals surface area (Å²) in [5.41, 5.74) is 9.05. The van der Waals surface area contributed by atoms with Gasteiger partial charge in [0.2, 0.25) is 5.91 Å². The second-order valence-electron chi connectivity index (χ2n) is 17.1. The number of carbonyl (C=O) groups excluding carboxylic acids is 2. The Labute approximate surface area is 291 Å². The molecule has 2 amide bonds. The van der Waals surface area contributed by atoms with Gasteiger partial charge in [0.1, 0.15) is 18.4 Å². The van der Waals surface area contributed by atoms with E-state index in [-0.39, 0.29) is 23.9 Å². The average molecular weight is 660 g/mol. The molecule has 256 valence electrons. The van der Waals surface area contributed by atoms with Crippen LogP contribution in [0, 0.1) is 22.7 Å². The summed E-state index contributed by atoms with van der Waals surface area (Å²) < 4.78 is 11.4. The Bertz CT molecular complexity index is 1880. The fourth-order valence-corrected chi connectivity index (χ4v) is 9.85. The molecule has 3 fully saturated rings. The van der Waals surface area contributed by atoms with E-state index in [2.05, 4.69) is 80.4 Å². The number of carbonyl (C=O) groups is 2. The minimum absolute atomic E-state index is 0.0204. The predicted octanol–water partition coefficient (Wildman–Crippen LogP) is 7.95. The molecule has 2 saturated heterocycles. The summed E-state index contributed by atoms with van der Waals surface area (Å²) in [7, 11) is 1.34. The quantitative estimate of drug-likeness (QED) is 0.282. The lowest BCUT2D eigenvalue weighted by Crippen LogP contribution is -2.56. The normalized spacial score (nSPS) is 25.0. The van der Waals surface area contributed by atoms with Crippen molar-refractivity contribution >= 4 is 46.3 Å². The molecule has 4 aliphatic heterocycles. The van der Waals surface area contributed by atoms with Gasteiger partial charge in [-0.05, 0) is 87.6 Å². The number of alkyl carbamates (subject to hydrolysis) is 1. The molecule has 0 spiro atoms. The molecule has 4 heterocycles. The van der Waals surface area contributed by atoms with E-state index in [0.29, 0.717) is 36.5 Å². The molecule has 3 aromatic rings. The zero-order valence-electron chi connectivity index (χ0n) is 30.2. The lowest BCUT2D eigenvalue weighted by molar-refractivity contribution is -0.136. The predicted molar refractivity (Wildman–Crippen MR) is 198 cm³/mol. The highest BCUT2D eigenvalue weighted by molar-refractivity contribution is 6.74. The first-order valence-corrected chi connectivity index (χ1v) is 18.4. The molecule has 4 atom stereocenters. The number of ether oxygens (including phenoxy) is 2. The maximum Gasteiger partial charge on any atom is 0.407 e. The summed E-state index contributed by atoms with van der Waals surface area (Å²) in [4.78, 5) is 33.8. The Kier molecular flexibility index (Phi) is 7.69. The fourth-order valence-electron chi connectivity index (χ4n) is 9.85. The van der Waals surface area contributed by atoms with Gasteiger partial charge in [0.05, 0.1) is 18.8 Å². The number of fused-ring (bicyclic) bond motifs is 7. The van der Waals surface area contributed by atoms with Gasteiger partial charge in [-0.3, -0.25) is 9.79 Å². The summed E-state index contributed by atoms with van der Waals surface area (Å²) in [5, 5.41) is 5.19. The van der Waals surface area contributed by atoms with E-state index in [4.69, 9.17) is 14.5 Å². The van der Waals surface area contributed by atoms with Crippen LogP contribution in [0.2, 0.25) is 12.6 Å². The van der Waals surface area contributed by atoms with Crippen molar-refractivity contribution in [1.82, 2.24) is 10.2 Å². The van der Waals surface area contributed by atoms with Crippen molar-refractivity contribution < 1.29 is 19.1 Å². The van der Waals surface area contributed by atoms with Gasteiger partial charge in [0.15, 0.2) is 6.71 Å². The molecular formula is C41H50BN3O4. The van der Waals surface area contributed by atoms with Gasteiger partial charge in [-0.15, -0.1) is 0 Å². The van der Waals surface area contributed by atoms with Crippen LogP contribution in [0.1, 0.15) is 78.4 Å². The van der Waals surface area contributed by atoms with Gasteiger partial charge >= 0.3 is 6.09 Å². The van der Waals surface area contributed by atoms with Crippen LogP contribution in [0.15, 0.2) is 47.5 Å². The Morgan fingerprint density at radius 3 is 2.53 bits per heavy atom. The SMILES string of the molecule is COC(=O)N[C@H](C(=O)N1[C@H](C2=Nc3ccc4cc5c(cc4c3C2)OCc2cc(B3CC(C)(C)C(C)(C)C3)ccc2-5)C[C@@H]2CCC[C@@H]21)C(C)C. The molecule has 0 bridgehead atoms. The number of rotatable bonds is 5. The number of nitrogens with one attached hydrogen (secondary N) is 1. The van der Waals surface area contributed by atoms with E-state index in [1.807, 2.05) is 13.8 Å². The summed E-state index contributed by atoms with van der Waals surface area (Å²) >= 11 is 0. The minimum atomic E-state index is -0.640. The van der Waals surface area contributed by atoms with Crippen molar-refractivity contribution in [3.63, 3.8) is 0 Å². The molecule has 8 heteroatoms. The fraction of sp³-hybridized carbons (Fsp3) is 0.537. The van der Waals surface area contributed by atoms with Gasteiger partial charge in [0, 0.05) is 23.7 Å². The summed E-state index contributed by atoms with van der Waals surface area (Å²) in [5.74, 6) is 1.31. The summed E-state index contributed by atoms with van der Waals surface area (Å²) in [6.07, 6.45) is 6.77. The number of hydrogen-bond donors (Lipinski definition) is 1. The van der Waals surface area contributed by atoms with Crippen LogP contribution >= 0.6 is 0 Å². The monoisotopic (exact) mass is 659 g/mol. The molecule has 1 aliphatic carbocycles. The van der Waals surface area contributed by atoms with Crippen molar-refractivity contribution in [3.8, 4) is 16.9 Å². The van der Waals surface area contributed by atoms with Gasteiger partial charge in [-0.25, -0.2) is 4.79 Å². The highest BCUT2D eigenvalue weighted by Gasteiger charge is 2.50. The largest absolute Gasteiger partial charge is 0.488 e. The van der Waals surface area contributed by atoms with Gasteiger partial charge in [-0.1, -0.05) is 90.3 Å². The Morgan fingerprint density at radius 1 is 1.02 bits per heavy atom. The van der Waals surface area contributed by atoms with Crippen molar-refractivity contribution in [2.24, 2.45) is 27.7 Å². The van der Waals surface area contributed by atoms with E-state index in [1.54, 1.807) is 0 Å². The molecule has 1 N–H and O–H groups in total. The third kappa shape index (κ3) is 5.27. The molecule has 0 aromatic heterocycles. The highest BCUT2D eigenvalue weighted by Crippen LogP contribution is 2.53. The highest BCUT2D eigenvalue weighted by atomic mass is 16.5. The second-order valence-corrected chi connectivity index (χ2v) is 17.1. The number of nitrogens with zero attached hydrogens (tertiary/aromatic N) is 2. The van der Waals surface area contributed by atoms with E-state index < -0.39 is 12.1 Å². The van der Waals surface area contributed by atoms with Crippen LogP contribution in [0.25, 0.3) is 21.9 Å². The smallest absolute Gasteiger partial charge is 0.407 e. The van der Waals surface area contributed by atoms with Crippen LogP contribution in [-0.4, -0.2) is 54.6 Å². The van der Waals surface area contributed by atoms with E-state index >= 15 is 0 Å². The van der Waals surface area contributed by atoms with Crippen molar-refractivity contribution in [1.29, 1.82) is 0 Å². The van der Waals surface area contributed by atoms with Gasteiger partial charge in [-0.2, -0.15) is 0 Å². The molecule has 5 aliphatic rings. The number of hydrogen-bond acceptors (Lipinski definition) is 5. The van der Waals surface area contributed by atoms with Crippen LogP contribution in [0.5, 0.6) is 5.75 Å². The van der Waals surface area contributed by atoms with Gasteiger partial charge < -0.3 is 19.7 Å². The van der Waals surface area contributed by atoms with E-state index in [0.717, 1.165) is 48.4 Å². The molecule has 0 radical (unpaired) electrons. The second kappa shape index (κ2) is 11.6. The van der Waals surface area contributed by atoms with Crippen molar-refractivity contribution in [2.75, 3.05) is 7.11 Å². The Morgan fingerprint density at radius 2 is 1.80 bits per heavy atom. The number of methoxy groups -OCH3 is 1. The maximum absolute atomic E-state index is 14.2. The standard InChI is InChI=1S/C41H50BN3O4/c1-23(2)37(44-39(47)48-7)38(46)45-34-10-8-9-25(34)17-35(45)33-18-30-29-19-36-31(16-24(29)11-14-32(30)43-33)28-13-12-27(15-26(28)20-49-36)42-21-40(3,4)41(5,6)22-42/h11-16,19,23,25,34-35,37H,8-10,17-18,20-22H2,1-7H3,(H,44,47)/t25-,34-,35-,37-/m0/s1. The molecule has 7 nitrogen and oxygen atoms in total. The van der Waals surface area contributed by atoms with E-state index in [9.17, 15) is 9.59 Å². The van der Waals surface area contributed by atoms with Crippen LogP contribution in [0.3, 0.4) is 0 Å². The first kappa shape index (κ1) is 32.4. The zero-order valence-corrected chi connectivity index (χ0v) is 30.2. The molecule has 0 unspecified atom stereocenters. The minimum Gasteiger partial charge on any atom is -0.488 e. The first-order chi connectivity index (χ1) is 23.3. The first-order valence-electron chi connectivity index (χ1n) is 18.4. The zero-order chi connectivity index (χ0) is 34.4. The average Bonchev–Trinajstić information content (AvgIpc) is 3.83. The number of amides is 2. The third-order valence-corrected chi connectivity index (χ3v) is 13.3. The molecule has 49 heavy (non-hydrogen) atoms. The number of benzene rings is 3. The number of likely N-dealkylation sites (tertiary alicyclic amines) is 1. The van der Waals surface area contributed by atoms with Crippen molar-refractivity contribution in [2.45, 2.75) is 111 Å². The molecule has 3 aromatic carbocycles. The van der Waals surface area contributed by atoms with Crippen LogP contribution in [0.4, 0.5) is 10.5 Å². The van der Waals surface area contributed by atoms with E-state index in [1.165, 1.54) is 52.7 Å².